The summed E-state index contributed by atoms with van der Waals surface area (Å²) in [6, 6.07) is 8.00. The molecule has 2 fully saturated rings. The van der Waals surface area contributed by atoms with Crippen molar-refractivity contribution in [2.24, 2.45) is 5.92 Å². The second-order valence-corrected chi connectivity index (χ2v) is 7.41. The summed E-state index contributed by atoms with van der Waals surface area (Å²) in [5.74, 6) is 0.767. The number of likely N-dealkylation sites (tertiary alicyclic amines) is 1. The molecule has 2 aromatic rings. The summed E-state index contributed by atoms with van der Waals surface area (Å²) >= 11 is 0. The highest BCUT2D eigenvalue weighted by Crippen LogP contribution is 2.36. The molecule has 0 saturated carbocycles. The Morgan fingerprint density at radius 1 is 1.30 bits per heavy atom. The predicted octanol–water partition coefficient (Wildman–Crippen LogP) is 2.28. The Hall–Kier alpha value is -2.54. The van der Waals surface area contributed by atoms with Gasteiger partial charge in [-0.05, 0) is 42.5 Å². The number of carbonyl (C=O) groups is 1. The lowest BCUT2D eigenvalue weighted by atomic mass is 9.82. The Labute approximate surface area is 157 Å². The quantitative estimate of drug-likeness (QED) is 0.875. The van der Waals surface area contributed by atoms with E-state index in [4.69, 9.17) is 4.74 Å². The summed E-state index contributed by atoms with van der Waals surface area (Å²) < 4.78 is 19.4. The van der Waals surface area contributed by atoms with E-state index >= 15 is 0 Å². The molecule has 2 saturated heterocycles. The molecule has 3 heterocycles. The fourth-order valence-corrected chi connectivity index (χ4v) is 3.71. The lowest BCUT2D eigenvalue weighted by Gasteiger charge is -2.52. The SMILES string of the molecule is O=C(Cc1cccc(F)c1)N1CC2(CC[C@H](CNc3ncccn3)CO2)C1. The van der Waals surface area contributed by atoms with Gasteiger partial charge in [-0.3, -0.25) is 4.79 Å². The highest BCUT2D eigenvalue weighted by Gasteiger charge is 2.48. The lowest BCUT2D eigenvalue weighted by Crippen LogP contribution is -2.66. The van der Waals surface area contributed by atoms with Gasteiger partial charge in [0.15, 0.2) is 0 Å². The number of carbonyl (C=O) groups excluding carboxylic acids is 1. The van der Waals surface area contributed by atoms with Crippen molar-refractivity contribution in [3.05, 3.63) is 54.1 Å². The van der Waals surface area contributed by atoms with Gasteiger partial charge in [-0.25, -0.2) is 14.4 Å². The molecule has 2 aliphatic heterocycles. The van der Waals surface area contributed by atoms with Crippen LogP contribution in [0.25, 0.3) is 0 Å². The van der Waals surface area contributed by atoms with E-state index in [1.165, 1.54) is 12.1 Å². The van der Waals surface area contributed by atoms with Crippen LogP contribution >= 0.6 is 0 Å². The summed E-state index contributed by atoms with van der Waals surface area (Å²) in [5, 5.41) is 3.24. The minimum atomic E-state index is -0.309. The van der Waals surface area contributed by atoms with Crippen LogP contribution in [0.1, 0.15) is 18.4 Å². The largest absolute Gasteiger partial charge is 0.371 e. The van der Waals surface area contributed by atoms with Crippen molar-refractivity contribution in [1.29, 1.82) is 0 Å². The molecule has 0 radical (unpaired) electrons. The van der Waals surface area contributed by atoms with Crippen molar-refractivity contribution < 1.29 is 13.9 Å². The number of amides is 1. The van der Waals surface area contributed by atoms with Gasteiger partial charge in [0.2, 0.25) is 11.9 Å². The smallest absolute Gasteiger partial charge is 0.227 e. The van der Waals surface area contributed by atoms with Gasteiger partial charge in [0.05, 0.1) is 26.1 Å². The molecule has 1 atom stereocenters. The minimum Gasteiger partial charge on any atom is -0.371 e. The van der Waals surface area contributed by atoms with Crippen LogP contribution in [0, 0.1) is 11.7 Å². The van der Waals surface area contributed by atoms with Crippen molar-refractivity contribution in [2.45, 2.75) is 24.9 Å². The lowest BCUT2D eigenvalue weighted by molar-refractivity contribution is -0.187. The van der Waals surface area contributed by atoms with Crippen LogP contribution in [0.15, 0.2) is 42.7 Å². The molecule has 27 heavy (non-hydrogen) atoms. The van der Waals surface area contributed by atoms with Crippen molar-refractivity contribution >= 4 is 11.9 Å². The first-order valence-electron chi connectivity index (χ1n) is 9.29. The summed E-state index contributed by atoms with van der Waals surface area (Å²) in [4.78, 5) is 22.5. The van der Waals surface area contributed by atoms with E-state index < -0.39 is 0 Å². The topological polar surface area (TPSA) is 67.4 Å². The Morgan fingerprint density at radius 3 is 2.81 bits per heavy atom. The van der Waals surface area contributed by atoms with Gasteiger partial charge in [-0.2, -0.15) is 0 Å². The van der Waals surface area contributed by atoms with E-state index in [0.717, 1.165) is 19.4 Å². The molecule has 0 unspecified atom stereocenters. The van der Waals surface area contributed by atoms with Crippen LogP contribution in [-0.2, 0) is 16.0 Å². The minimum absolute atomic E-state index is 0.0276. The van der Waals surface area contributed by atoms with Gasteiger partial charge in [0, 0.05) is 18.9 Å². The molecule has 1 aromatic carbocycles. The number of anilines is 1. The maximum Gasteiger partial charge on any atom is 0.227 e. The Morgan fingerprint density at radius 2 is 2.11 bits per heavy atom. The zero-order valence-electron chi connectivity index (χ0n) is 15.1. The maximum atomic E-state index is 13.3. The third-order valence-corrected chi connectivity index (χ3v) is 5.30. The van der Waals surface area contributed by atoms with Gasteiger partial charge < -0.3 is 15.0 Å². The first-order valence-corrected chi connectivity index (χ1v) is 9.29. The van der Waals surface area contributed by atoms with Gasteiger partial charge in [0.1, 0.15) is 11.4 Å². The number of nitrogens with zero attached hydrogens (tertiary/aromatic N) is 3. The van der Waals surface area contributed by atoms with E-state index in [2.05, 4.69) is 15.3 Å². The number of halogens is 1. The second-order valence-electron chi connectivity index (χ2n) is 7.41. The second kappa shape index (κ2) is 7.60. The predicted molar refractivity (Wildman–Crippen MR) is 98.6 cm³/mol. The van der Waals surface area contributed by atoms with Crippen LogP contribution in [0.3, 0.4) is 0 Å². The van der Waals surface area contributed by atoms with E-state index in [9.17, 15) is 9.18 Å². The Balaban J connectivity index is 1.21. The maximum absolute atomic E-state index is 13.3. The van der Waals surface area contributed by atoms with Crippen molar-refractivity contribution in [3.63, 3.8) is 0 Å². The van der Waals surface area contributed by atoms with E-state index in [-0.39, 0.29) is 23.7 Å². The van der Waals surface area contributed by atoms with Crippen LogP contribution in [0.5, 0.6) is 0 Å². The molecule has 1 spiro atoms. The van der Waals surface area contributed by atoms with Crippen LogP contribution in [0.4, 0.5) is 10.3 Å². The number of hydrogen-bond acceptors (Lipinski definition) is 5. The van der Waals surface area contributed by atoms with E-state index in [1.54, 1.807) is 35.5 Å². The van der Waals surface area contributed by atoms with Gasteiger partial charge in [-0.1, -0.05) is 12.1 Å². The molecule has 142 valence electrons. The zero-order chi connectivity index (χ0) is 18.7. The average Bonchev–Trinajstić information content (AvgIpc) is 2.66. The van der Waals surface area contributed by atoms with Gasteiger partial charge in [0.25, 0.3) is 0 Å². The normalized spacial score (nSPS) is 20.9. The summed E-state index contributed by atoms with van der Waals surface area (Å²) in [6.07, 6.45) is 5.65. The standard InChI is InChI=1S/C20H23FN4O2/c21-17-4-1-3-15(9-17)10-18(26)25-13-20(14-25)6-5-16(12-27-20)11-24-19-22-7-2-8-23-19/h1-4,7-9,16H,5-6,10-14H2,(H,22,23,24)/t16-/m1/s1. The van der Waals surface area contributed by atoms with Crippen LogP contribution in [-0.4, -0.2) is 52.6 Å². The molecule has 1 N–H and O–H groups in total. The van der Waals surface area contributed by atoms with Crippen LogP contribution < -0.4 is 5.32 Å². The zero-order valence-corrected chi connectivity index (χ0v) is 15.1. The number of hydrogen-bond donors (Lipinski definition) is 1. The van der Waals surface area contributed by atoms with Gasteiger partial charge in [-0.15, -0.1) is 0 Å². The average molecular weight is 370 g/mol. The molecular formula is C20H23FN4O2. The highest BCUT2D eigenvalue weighted by molar-refractivity contribution is 5.80. The van der Waals surface area contributed by atoms with Crippen LogP contribution in [0.2, 0.25) is 0 Å². The Bertz CT molecular complexity index is 786. The van der Waals surface area contributed by atoms with E-state index in [1.807, 2.05) is 0 Å². The number of rotatable bonds is 5. The summed E-state index contributed by atoms with van der Waals surface area (Å²) in [6.45, 7) is 2.71. The third-order valence-electron chi connectivity index (χ3n) is 5.30. The third kappa shape index (κ3) is 4.24. The highest BCUT2D eigenvalue weighted by atomic mass is 19.1. The number of ether oxygens (including phenoxy) is 1. The Kier molecular flexibility index (Phi) is 5.03. The number of benzene rings is 1. The molecule has 0 aliphatic carbocycles. The van der Waals surface area contributed by atoms with E-state index in [0.29, 0.717) is 37.1 Å². The monoisotopic (exact) mass is 370 g/mol. The number of nitrogens with one attached hydrogen (secondary N) is 1. The van der Waals surface area contributed by atoms with Crippen molar-refractivity contribution in [3.8, 4) is 0 Å². The molecule has 0 bridgehead atoms. The van der Waals surface area contributed by atoms with Crippen molar-refractivity contribution in [1.82, 2.24) is 14.9 Å². The molecule has 1 aromatic heterocycles. The fraction of sp³-hybridized carbons (Fsp3) is 0.450. The fourth-order valence-electron chi connectivity index (χ4n) is 3.71. The molecular weight excluding hydrogens is 347 g/mol. The first-order chi connectivity index (χ1) is 13.1. The number of aromatic nitrogens is 2. The molecule has 1 amide bonds. The molecule has 7 heteroatoms. The van der Waals surface area contributed by atoms with Crippen molar-refractivity contribution in [2.75, 3.05) is 31.6 Å². The summed E-state index contributed by atoms with van der Waals surface area (Å²) in [5.41, 5.74) is 0.511. The first kappa shape index (κ1) is 17.9. The molecule has 6 nitrogen and oxygen atoms in total. The summed E-state index contributed by atoms with van der Waals surface area (Å²) in [7, 11) is 0. The van der Waals surface area contributed by atoms with Gasteiger partial charge >= 0.3 is 0 Å². The molecule has 4 rings (SSSR count). The molecule has 2 aliphatic rings.